The fourth-order valence-electron chi connectivity index (χ4n) is 1.83. The largest absolute Gasteiger partial charge is 0.453 e. The first kappa shape index (κ1) is 15.0. The molecule has 4 heteroatoms. The minimum atomic E-state index is -0.452. The summed E-state index contributed by atoms with van der Waals surface area (Å²) in [7, 11) is 0. The number of nitriles is 1. The van der Waals surface area contributed by atoms with Gasteiger partial charge >= 0.3 is 0 Å². The van der Waals surface area contributed by atoms with Crippen molar-refractivity contribution in [2.75, 3.05) is 0 Å². The molecule has 108 valence electrons. The zero-order chi connectivity index (χ0) is 15.2. The molecule has 0 saturated carbocycles. The van der Waals surface area contributed by atoms with Gasteiger partial charge in [-0.2, -0.15) is 5.26 Å². The maximum absolute atomic E-state index is 13.6. The Bertz CT molecular complexity index is 662. The predicted molar refractivity (Wildman–Crippen MR) is 79.6 cm³/mol. The first-order valence-electron chi connectivity index (χ1n) is 6.79. The van der Waals surface area contributed by atoms with Crippen molar-refractivity contribution in [3.8, 4) is 17.6 Å². The number of para-hydroxylation sites is 1. The third kappa shape index (κ3) is 4.04. The lowest BCUT2D eigenvalue weighted by molar-refractivity contribution is 0.441. The molecule has 0 spiro atoms. The fraction of sp³-hybridized carbons (Fsp3) is 0.235. The summed E-state index contributed by atoms with van der Waals surface area (Å²) in [6.45, 7) is 4.79. The van der Waals surface area contributed by atoms with Crippen molar-refractivity contribution < 1.29 is 9.13 Å². The van der Waals surface area contributed by atoms with Crippen molar-refractivity contribution in [2.24, 2.45) is 0 Å². The molecule has 1 N–H and O–H groups in total. The standard InChI is InChI=1S/C17H17FN2O/c1-12(2)20-11-13-7-8-16(14(9-13)10-19)21-17-6-4-3-5-15(17)18/h3-9,12,20H,11H2,1-2H3. The topological polar surface area (TPSA) is 45.0 Å². The van der Waals surface area contributed by atoms with Gasteiger partial charge in [-0.15, -0.1) is 0 Å². The van der Waals surface area contributed by atoms with E-state index in [2.05, 4.69) is 25.2 Å². The lowest BCUT2D eigenvalue weighted by atomic mass is 10.1. The van der Waals surface area contributed by atoms with Gasteiger partial charge in [0.2, 0.25) is 0 Å². The Labute approximate surface area is 124 Å². The molecule has 0 saturated heterocycles. The second-order valence-corrected chi connectivity index (χ2v) is 5.01. The number of hydrogen-bond donors (Lipinski definition) is 1. The van der Waals surface area contributed by atoms with Crippen LogP contribution < -0.4 is 10.1 Å². The molecule has 0 bridgehead atoms. The monoisotopic (exact) mass is 284 g/mol. The van der Waals surface area contributed by atoms with Gasteiger partial charge in [0.05, 0.1) is 5.56 Å². The Hall–Kier alpha value is -2.38. The number of benzene rings is 2. The van der Waals surface area contributed by atoms with Gasteiger partial charge in [-0.1, -0.05) is 32.0 Å². The van der Waals surface area contributed by atoms with Crippen molar-refractivity contribution in [1.29, 1.82) is 5.26 Å². The molecule has 2 aromatic carbocycles. The van der Waals surface area contributed by atoms with Crippen LogP contribution in [-0.4, -0.2) is 6.04 Å². The van der Waals surface area contributed by atoms with Gasteiger partial charge < -0.3 is 10.1 Å². The molecule has 0 aromatic heterocycles. The Balaban J connectivity index is 2.21. The van der Waals surface area contributed by atoms with Crippen LogP contribution in [0.5, 0.6) is 11.5 Å². The van der Waals surface area contributed by atoms with Crippen LogP contribution in [0.3, 0.4) is 0 Å². The van der Waals surface area contributed by atoms with Crippen LogP contribution in [-0.2, 0) is 6.54 Å². The molecule has 0 unspecified atom stereocenters. The van der Waals surface area contributed by atoms with Gasteiger partial charge in [0.15, 0.2) is 11.6 Å². The third-order valence-electron chi connectivity index (χ3n) is 2.94. The predicted octanol–water partition coefficient (Wildman–Crippen LogP) is 3.99. The van der Waals surface area contributed by atoms with Gasteiger partial charge in [0, 0.05) is 12.6 Å². The molecule has 3 nitrogen and oxygen atoms in total. The number of ether oxygens (including phenoxy) is 1. The van der Waals surface area contributed by atoms with E-state index in [1.807, 2.05) is 6.07 Å². The van der Waals surface area contributed by atoms with E-state index < -0.39 is 5.82 Å². The van der Waals surface area contributed by atoms with Crippen LogP contribution in [0.1, 0.15) is 25.0 Å². The minimum Gasteiger partial charge on any atom is -0.453 e. The van der Waals surface area contributed by atoms with Crippen LogP contribution in [0, 0.1) is 17.1 Å². The minimum absolute atomic E-state index is 0.113. The molecule has 0 amide bonds. The Kier molecular flexibility index (Phi) is 4.91. The van der Waals surface area contributed by atoms with E-state index in [-0.39, 0.29) is 5.75 Å². The highest BCUT2D eigenvalue weighted by molar-refractivity contribution is 5.47. The van der Waals surface area contributed by atoms with Crippen LogP contribution in [0.4, 0.5) is 4.39 Å². The molecule has 0 heterocycles. The maximum Gasteiger partial charge on any atom is 0.165 e. The van der Waals surface area contributed by atoms with Gasteiger partial charge in [0.25, 0.3) is 0 Å². The second-order valence-electron chi connectivity index (χ2n) is 5.01. The average Bonchev–Trinajstić information content (AvgIpc) is 2.48. The number of hydrogen-bond acceptors (Lipinski definition) is 3. The summed E-state index contributed by atoms with van der Waals surface area (Å²) in [6.07, 6.45) is 0. The van der Waals surface area contributed by atoms with Crippen LogP contribution in [0.25, 0.3) is 0 Å². The molecule has 2 aromatic rings. The molecule has 0 aliphatic heterocycles. The fourth-order valence-corrected chi connectivity index (χ4v) is 1.83. The summed E-state index contributed by atoms with van der Waals surface area (Å²) in [5.74, 6) is 0.0184. The lowest BCUT2D eigenvalue weighted by Crippen LogP contribution is -2.21. The molecule has 0 aliphatic rings. The molecule has 0 radical (unpaired) electrons. The summed E-state index contributed by atoms with van der Waals surface area (Å²) in [5.41, 5.74) is 1.38. The highest BCUT2D eigenvalue weighted by Gasteiger charge is 2.09. The molecule has 2 rings (SSSR count). The Morgan fingerprint density at radius 1 is 1.19 bits per heavy atom. The summed E-state index contributed by atoms with van der Waals surface area (Å²) in [6, 6.07) is 13.9. The number of rotatable bonds is 5. The lowest BCUT2D eigenvalue weighted by Gasteiger charge is -2.11. The quantitative estimate of drug-likeness (QED) is 0.903. The van der Waals surface area contributed by atoms with Crippen LogP contribution >= 0.6 is 0 Å². The van der Waals surface area contributed by atoms with Gasteiger partial charge in [-0.25, -0.2) is 4.39 Å². The Morgan fingerprint density at radius 2 is 1.95 bits per heavy atom. The smallest absolute Gasteiger partial charge is 0.165 e. The first-order valence-corrected chi connectivity index (χ1v) is 6.79. The van der Waals surface area contributed by atoms with E-state index in [9.17, 15) is 9.65 Å². The normalized spacial score (nSPS) is 10.4. The molecule has 0 atom stereocenters. The van der Waals surface area contributed by atoms with Crippen molar-refractivity contribution in [3.63, 3.8) is 0 Å². The molecule has 0 fully saturated rings. The average molecular weight is 284 g/mol. The molecule has 0 aliphatic carbocycles. The highest BCUT2D eigenvalue weighted by Crippen LogP contribution is 2.27. The number of nitrogens with zero attached hydrogens (tertiary/aromatic N) is 1. The van der Waals surface area contributed by atoms with E-state index in [0.717, 1.165) is 5.56 Å². The highest BCUT2D eigenvalue weighted by atomic mass is 19.1. The van der Waals surface area contributed by atoms with Crippen molar-refractivity contribution in [2.45, 2.75) is 26.4 Å². The molecular weight excluding hydrogens is 267 g/mol. The van der Waals surface area contributed by atoms with E-state index in [1.165, 1.54) is 12.1 Å². The van der Waals surface area contributed by atoms with E-state index >= 15 is 0 Å². The van der Waals surface area contributed by atoms with Crippen molar-refractivity contribution >= 4 is 0 Å². The number of halogens is 1. The van der Waals surface area contributed by atoms with E-state index in [1.54, 1.807) is 24.3 Å². The number of nitrogens with one attached hydrogen (secondary N) is 1. The molecule has 21 heavy (non-hydrogen) atoms. The second kappa shape index (κ2) is 6.87. The van der Waals surface area contributed by atoms with Gasteiger partial charge in [-0.3, -0.25) is 0 Å². The van der Waals surface area contributed by atoms with E-state index in [4.69, 9.17) is 4.74 Å². The maximum atomic E-state index is 13.6. The van der Waals surface area contributed by atoms with Crippen LogP contribution in [0.15, 0.2) is 42.5 Å². The third-order valence-corrected chi connectivity index (χ3v) is 2.94. The summed E-state index contributed by atoms with van der Waals surface area (Å²) >= 11 is 0. The SMILES string of the molecule is CC(C)NCc1ccc(Oc2ccccc2F)c(C#N)c1. The summed E-state index contributed by atoms with van der Waals surface area (Å²) in [4.78, 5) is 0. The van der Waals surface area contributed by atoms with Gasteiger partial charge in [-0.05, 0) is 29.8 Å². The molecular formula is C17H17FN2O. The summed E-state index contributed by atoms with van der Waals surface area (Å²) in [5, 5.41) is 12.5. The van der Waals surface area contributed by atoms with Crippen LogP contribution in [0.2, 0.25) is 0 Å². The zero-order valence-electron chi connectivity index (χ0n) is 12.1. The van der Waals surface area contributed by atoms with Crippen molar-refractivity contribution in [3.05, 3.63) is 59.4 Å². The zero-order valence-corrected chi connectivity index (χ0v) is 12.1. The summed E-state index contributed by atoms with van der Waals surface area (Å²) < 4.78 is 19.1. The Morgan fingerprint density at radius 3 is 2.62 bits per heavy atom. The van der Waals surface area contributed by atoms with E-state index in [0.29, 0.717) is 23.9 Å². The van der Waals surface area contributed by atoms with Crippen molar-refractivity contribution in [1.82, 2.24) is 5.32 Å². The van der Waals surface area contributed by atoms with Gasteiger partial charge in [0.1, 0.15) is 11.8 Å². The first-order chi connectivity index (χ1) is 10.1.